The number of hydrogen-bond donors (Lipinski definition) is 2. The zero-order valence-electron chi connectivity index (χ0n) is 14.4. The van der Waals surface area contributed by atoms with E-state index in [0.717, 1.165) is 5.56 Å². The van der Waals surface area contributed by atoms with E-state index in [1.807, 2.05) is 26.0 Å². The molecule has 6 heteroatoms. The Bertz CT molecular complexity index is 834. The number of nitrogens with one attached hydrogen (secondary N) is 2. The molecule has 2 aromatic rings. The first kappa shape index (κ1) is 16.8. The van der Waals surface area contributed by atoms with Gasteiger partial charge < -0.3 is 20.1 Å². The smallest absolute Gasteiger partial charge is 0.278 e. The molecule has 2 amide bonds. The molecular weight excluding hydrogens is 320 g/mol. The SMILES string of the molecule is CCOc1ccccc1NC(=O)C1(C)Oc2ccc(C)cc2NC1=O. The predicted octanol–water partition coefficient (Wildman–Crippen LogP) is 3.12. The summed E-state index contributed by atoms with van der Waals surface area (Å²) in [5.74, 6) is -0.0875. The minimum Gasteiger partial charge on any atom is -0.492 e. The lowest BCUT2D eigenvalue weighted by atomic mass is 10.0. The fraction of sp³-hybridized carbons (Fsp3) is 0.263. The van der Waals surface area contributed by atoms with Gasteiger partial charge in [-0.2, -0.15) is 0 Å². The molecule has 0 radical (unpaired) electrons. The molecule has 2 aromatic carbocycles. The van der Waals surface area contributed by atoms with E-state index in [-0.39, 0.29) is 0 Å². The highest BCUT2D eigenvalue weighted by Crippen LogP contribution is 2.35. The largest absolute Gasteiger partial charge is 0.492 e. The average molecular weight is 340 g/mol. The molecule has 0 aromatic heterocycles. The predicted molar refractivity (Wildman–Crippen MR) is 95.1 cm³/mol. The average Bonchev–Trinajstić information content (AvgIpc) is 2.58. The zero-order valence-corrected chi connectivity index (χ0v) is 14.4. The second-order valence-corrected chi connectivity index (χ2v) is 5.97. The Kier molecular flexibility index (Phi) is 4.35. The Labute approximate surface area is 146 Å². The van der Waals surface area contributed by atoms with Crippen LogP contribution in [0.15, 0.2) is 42.5 Å². The molecule has 0 bridgehead atoms. The van der Waals surface area contributed by atoms with Gasteiger partial charge in [0.05, 0.1) is 18.0 Å². The fourth-order valence-electron chi connectivity index (χ4n) is 2.58. The van der Waals surface area contributed by atoms with E-state index in [4.69, 9.17) is 9.47 Å². The molecule has 6 nitrogen and oxygen atoms in total. The minimum atomic E-state index is -1.68. The van der Waals surface area contributed by atoms with E-state index in [1.165, 1.54) is 6.92 Å². The van der Waals surface area contributed by atoms with Crippen molar-refractivity contribution in [2.24, 2.45) is 0 Å². The molecule has 1 heterocycles. The molecule has 1 atom stereocenters. The Morgan fingerprint density at radius 3 is 2.80 bits per heavy atom. The summed E-state index contributed by atoms with van der Waals surface area (Å²) in [7, 11) is 0. The molecule has 3 rings (SSSR count). The summed E-state index contributed by atoms with van der Waals surface area (Å²) in [6, 6.07) is 12.5. The van der Waals surface area contributed by atoms with Crippen molar-refractivity contribution in [1.82, 2.24) is 0 Å². The van der Waals surface area contributed by atoms with E-state index in [2.05, 4.69) is 10.6 Å². The first-order chi connectivity index (χ1) is 11.9. The van der Waals surface area contributed by atoms with E-state index in [0.29, 0.717) is 29.5 Å². The Hall–Kier alpha value is -3.02. The summed E-state index contributed by atoms with van der Waals surface area (Å²) < 4.78 is 11.3. The molecule has 25 heavy (non-hydrogen) atoms. The lowest BCUT2D eigenvalue weighted by Crippen LogP contribution is -2.56. The number of benzene rings is 2. The van der Waals surface area contributed by atoms with Crippen LogP contribution in [0.5, 0.6) is 11.5 Å². The van der Waals surface area contributed by atoms with Gasteiger partial charge in [-0.15, -0.1) is 0 Å². The number of fused-ring (bicyclic) bond motifs is 1. The fourth-order valence-corrected chi connectivity index (χ4v) is 2.58. The van der Waals surface area contributed by atoms with Crippen molar-refractivity contribution in [1.29, 1.82) is 0 Å². The van der Waals surface area contributed by atoms with Crippen LogP contribution >= 0.6 is 0 Å². The van der Waals surface area contributed by atoms with Crippen molar-refractivity contribution in [3.63, 3.8) is 0 Å². The molecule has 0 aliphatic carbocycles. The maximum atomic E-state index is 12.8. The van der Waals surface area contributed by atoms with Crippen molar-refractivity contribution in [3.8, 4) is 11.5 Å². The maximum absolute atomic E-state index is 12.8. The van der Waals surface area contributed by atoms with Crippen LogP contribution in [0.25, 0.3) is 0 Å². The number of hydrogen-bond acceptors (Lipinski definition) is 4. The van der Waals surface area contributed by atoms with E-state index in [9.17, 15) is 9.59 Å². The number of para-hydroxylation sites is 2. The van der Waals surface area contributed by atoms with E-state index in [1.54, 1.807) is 30.3 Å². The van der Waals surface area contributed by atoms with Crippen molar-refractivity contribution in [3.05, 3.63) is 48.0 Å². The Balaban J connectivity index is 1.87. The number of amides is 2. The maximum Gasteiger partial charge on any atom is 0.278 e. The van der Waals surface area contributed by atoms with Gasteiger partial charge in [0.2, 0.25) is 0 Å². The quantitative estimate of drug-likeness (QED) is 0.839. The Morgan fingerprint density at radius 1 is 1.28 bits per heavy atom. The molecule has 1 aliphatic rings. The highest BCUT2D eigenvalue weighted by atomic mass is 16.5. The third-order valence-corrected chi connectivity index (χ3v) is 4.00. The molecule has 130 valence electrons. The minimum absolute atomic E-state index is 0.459. The Morgan fingerprint density at radius 2 is 2.04 bits per heavy atom. The summed E-state index contributed by atoms with van der Waals surface area (Å²) in [5.41, 5.74) is 0.356. The van der Waals surface area contributed by atoms with Crippen LogP contribution in [-0.4, -0.2) is 24.0 Å². The van der Waals surface area contributed by atoms with Gasteiger partial charge in [0, 0.05) is 0 Å². The highest BCUT2D eigenvalue weighted by Gasteiger charge is 2.47. The molecule has 0 fully saturated rings. The topological polar surface area (TPSA) is 76.7 Å². The lowest BCUT2D eigenvalue weighted by molar-refractivity contribution is -0.143. The van der Waals surface area contributed by atoms with Crippen LogP contribution in [0.4, 0.5) is 11.4 Å². The van der Waals surface area contributed by atoms with Crippen LogP contribution in [0.3, 0.4) is 0 Å². The monoisotopic (exact) mass is 340 g/mol. The molecule has 0 saturated heterocycles. The third-order valence-electron chi connectivity index (χ3n) is 4.00. The van der Waals surface area contributed by atoms with Gasteiger partial charge in [-0.1, -0.05) is 18.2 Å². The number of anilines is 2. The summed E-state index contributed by atoms with van der Waals surface area (Å²) in [6.45, 7) is 5.69. The summed E-state index contributed by atoms with van der Waals surface area (Å²) >= 11 is 0. The van der Waals surface area contributed by atoms with Crippen LogP contribution in [0.1, 0.15) is 19.4 Å². The standard InChI is InChI=1S/C19H20N2O4/c1-4-24-15-8-6-5-7-13(15)20-17(22)19(3)18(23)21-14-11-12(2)9-10-16(14)25-19/h5-11H,4H2,1-3H3,(H,20,22)(H,21,23). The van der Waals surface area contributed by atoms with Gasteiger partial charge >= 0.3 is 0 Å². The summed E-state index contributed by atoms with van der Waals surface area (Å²) in [6.07, 6.45) is 0. The van der Waals surface area contributed by atoms with Crippen molar-refractivity contribution in [2.75, 3.05) is 17.2 Å². The first-order valence-corrected chi connectivity index (χ1v) is 8.08. The van der Waals surface area contributed by atoms with Crippen molar-refractivity contribution < 1.29 is 19.1 Å². The van der Waals surface area contributed by atoms with Gasteiger partial charge in [0.15, 0.2) is 0 Å². The molecule has 1 unspecified atom stereocenters. The van der Waals surface area contributed by atoms with Gasteiger partial charge in [-0.05, 0) is 50.6 Å². The molecular formula is C19H20N2O4. The molecule has 2 N–H and O–H groups in total. The second-order valence-electron chi connectivity index (χ2n) is 5.97. The number of aryl methyl sites for hydroxylation is 1. The van der Waals surface area contributed by atoms with E-state index >= 15 is 0 Å². The van der Waals surface area contributed by atoms with Gasteiger partial charge in [0.25, 0.3) is 17.4 Å². The normalized spacial score (nSPS) is 18.6. The van der Waals surface area contributed by atoms with Crippen LogP contribution in [-0.2, 0) is 9.59 Å². The lowest BCUT2D eigenvalue weighted by Gasteiger charge is -2.33. The molecule has 0 spiro atoms. The van der Waals surface area contributed by atoms with Crippen LogP contribution in [0, 0.1) is 6.92 Å². The zero-order chi connectivity index (χ0) is 18.0. The molecule has 1 aliphatic heterocycles. The first-order valence-electron chi connectivity index (χ1n) is 8.08. The van der Waals surface area contributed by atoms with Crippen molar-refractivity contribution in [2.45, 2.75) is 26.4 Å². The van der Waals surface area contributed by atoms with Crippen molar-refractivity contribution >= 4 is 23.2 Å². The summed E-state index contributed by atoms with van der Waals surface area (Å²) in [4.78, 5) is 25.3. The number of carbonyl (C=O) groups is 2. The second kappa shape index (κ2) is 6.47. The third kappa shape index (κ3) is 3.15. The summed E-state index contributed by atoms with van der Waals surface area (Å²) in [5, 5.41) is 5.47. The highest BCUT2D eigenvalue weighted by molar-refractivity contribution is 6.19. The number of ether oxygens (including phenoxy) is 2. The van der Waals surface area contributed by atoms with Gasteiger partial charge in [0.1, 0.15) is 11.5 Å². The number of carbonyl (C=O) groups excluding carboxylic acids is 2. The van der Waals surface area contributed by atoms with Gasteiger partial charge in [-0.3, -0.25) is 9.59 Å². The van der Waals surface area contributed by atoms with Gasteiger partial charge in [-0.25, -0.2) is 0 Å². The van der Waals surface area contributed by atoms with Crippen LogP contribution < -0.4 is 20.1 Å². The molecule has 0 saturated carbocycles. The van der Waals surface area contributed by atoms with E-state index < -0.39 is 17.4 Å². The van der Waals surface area contributed by atoms with Crippen LogP contribution in [0.2, 0.25) is 0 Å². The number of rotatable bonds is 4.